The van der Waals surface area contributed by atoms with Crippen molar-refractivity contribution in [3.8, 4) is 5.75 Å². The first-order valence-electron chi connectivity index (χ1n) is 5.59. The molecule has 86 valence electrons. The molecule has 1 aromatic heterocycles. The van der Waals surface area contributed by atoms with Crippen molar-refractivity contribution in [1.29, 1.82) is 0 Å². The normalized spacial score (nSPS) is 18.6. The highest BCUT2D eigenvalue weighted by molar-refractivity contribution is 5.99. The van der Waals surface area contributed by atoms with Crippen LogP contribution < -0.4 is 4.74 Å². The molecule has 2 aromatic rings. The zero-order valence-electron chi connectivity index (χ0n) is 9.47. The Morgan fingerprint density at radius 2 is 2.00 bits per heavy atom. The van der Waals surface area contributed by atoms with Gasteiger partial charge in [-0.3, -0.25) is 4.79 Å². The molecule has 0 N–H and O–H groups in total. The number of hydrogen-bond acceptors (Lipinski definition) is 3. The molecule has 1 aliphatic rings. The second kappa shape index (κ2) is 3.77. The lowest BCUT2D eigenvalue weighted by Gasteiger charge is -2.23. The first-order chi connectivity index (χ1) is 8.24. The van der Waals surface area contributed by atoms with Crippen LogP contribution in [0.2, 0.25) is 0 Å². The molecular weight excluding hydrogens is 216 g/mol. The van der Waals surface area contributed by atoms with Crippen molar-refractivity contribution in [2.45, 2.75) is 19.4 Å². The summed E-state index contributed by atoms with van der Waals surface area (Å²) in [6.07, 6.45) is 0.0374. The number of carbonyl (C=O) groups excluding carboxylic acids is 1. The minimum atomic E-state index is -0.300. The first-order valence-corrected chi connectivity index (χ1v) is 5.59. The largest absolute Gasteiger partial charge is 0.481 e. The van der Waals surface area contributed by atoms with Crippen LogP contribution in [0, 0.1) is 6.92 Å². The SMILES string of the molecule is Cc1ccc(C2CC(=O)c3ccccc3O2)o1. The highest BCUT2D eigenvalue weighted by atomic mass is 16.5. The first kappa shape index (κ1) is 10.1. The molecule has 0 amide bonds. The van der Waals surface area contributed by atoms with Crippen LogP contribution in [-0.2, 0) is 0 Å². The molecule has 0 fully saturated rings. The van der Waals surface area contributed by atoms with Crippen molar-refractivity contribution in [2.24, 2.45) is 0 Å². The van der Waals surface area contributed by atoms with E-state index in [0.717, 1.165) is 5.76 Å². The molecule has 3 heteroatoms. The van der Waals surface area contributed by atoms with Gasteiger partial charge in [0, 0.05) is 0 Å². The maximum atomic E-state index is 12.0. The summed E-state index contributed by atoms with van der Waals surface area (Å²) in [5, 5.41) is 0. The lowest BCUT2D eigenvalue weighted by molar-refractivity contribution is 0.0815. The Balaban J connectivity index is 1.96. The van der Waals surface area contributed by atoms with Crippen molar-refractivity contribution >= 4 is 5.78 Å². The molecule has 0 radical (unpaired) electrons. The number of fused-ring (bicyclic) bond motifs is 1. The smallest absolute Gasteiger partial charge is 0.170 e. The standard InChI is InChI=1S/C14H12O3/c1-9-6-7-13(16-9)14-8-11(15)10-4-2-3-5-12(10)17-14/h2-7,14H,8H2,1H3. The van der Waals surface area contributed by atoms with E-state index in [-0.39, 0.29) is 11.9 Å². The molecule has 0 spiro atoms. The van der Waals surface area contributed by atoms with Crippen molar-refractivity contribution < 1.29 is 13.9 Å². The van der Waals surface area contributed by atoms with E-state index in [4.69, 9.17) is 9.15 Å². The fraction of sp³-hybridized carbons (Fsp3) is 0.214. The summed E-state index contributed by atoms with van der Waals surface area (Å²) >= 11 is 0. The van der Waals surface area contributed by atoms with Crippen molar-refractivity contribution in [3.05, 3.63) is 53.5 Å². The van der Waals surface area contributed by atoms with Gasteiger partial charge in [0.25, 0.3) is 0 Å². The lowest BCUT2D eigenvalue weighted by atomic mass is 10.00. The predicted octanol–water partition coefficient (Wildman–Crippen LogP) is 3.29. The Labute approximate surface area is 99.0 Å². The average molecular weight is 228 g/mol. The van der Waals surface area contributed by atoms with Crippen LogP contribution in [0.15, 0.2) is 40.8 Å². The van der Waals surface area contributed by atoms with E-state index < -0.39 is 0 Å². The van der Waals surface area contributed by atoms with Crippen LogP contribution in [0.1, 0.15) is 34.4 Å². The van der Waals surface area contributed by atoms with E-state index >= 15 is 0 Å². The van der Waals surface area contributed by atoms with E-state index in [1.165, 1.54) is 0 Å². The van der Waals surface area contributed by atoms with Gasteiger partial charge in [-0.05, 0) is 31.2 Å². The monoisotopic (exact) mass is 228 g/mol. The van der Waals surface area contributed by atoms with Crippen LogP contribution in [0.4, 0.5) is 0 Å². The molecule has 0 saturated heterocycles. The summed E-state index contributed by atoms with van der Waals surface area (Å²) in [6.45, 7) is 1.88. The van der Waals surface area contributed by atoms with E-state index in [1.54, 1.807) is 6.07 Å². The molecule has 2 heterocycles. The minimum absolute atomic E-state index is 0.103. The summed E-state index contributed by atoms with van der Waals surface area (Å²) in [5.41, 5.74) is 0.659. The number of ether oxygens (including phenoxy) is 1. The molecule has 1 atom stereocenters. The topological polar surface area (TPSA) is 39.4 Å². The molecule has 3 rings (SSSR count). The summed E-state index contributed by atoms with van der Waals surface area (Å²) in [7, 11) is 0. The van der Waals surface area contributed by atoms with Gasteiger partial charge in [-0.15, -0.1) is 0 Å². The van der Waals surface area contributed by atoms with Gasteiger partial charge in [0.2, 0.25) is 0 Å². The number of para-hydroxylation sites is 1. The van der Waals surface area contributed by atoms with Gasteiger partial charge in [0.05, 0.1) is 12.0 Å². The highest BCUT2D eigenvalue weighted by Gasteiger charge is 2.29. The molecule has 1 unspecified atom stereocenters. The maximum Gasteiger partial charge on any atom is 0.170 e. The van der Waals surface area contributed by atoms with E-state index in [1.807, 2.05) is 37.3 Å². The zero-order valence-corrected chi connectivity index (χ0v) is 9.47. The summed E-state index contributed by atoms with van der Waals surface area (Å²) in [5.74, 6) is 2.29. The molecule has 1 aliphatic heterocycles. The van der Waals surface area contributed by atoms with Crippen molar-refractivity contribution in [1.82, 2.24) is 0 Å². The zero-order chi connectivity index (χ0) is 11.8. The number of rotatable bonds is 1. The average Bonchev–Trinajstić information content (AvgIpc) is 2.76. The fourth-order valence-corrected chi connectivity index (χ4v) is 2.06. The van der Waals surface area contributed by atoms with Crippen molar-refractivity contribution in [2.75, 3.05) is 0 Å². The Morgan fingerprint density at radius 3 is 2.76 bits per heavy atom. The van der Waals surface area contributed by atoms with E-state index in [2.05, 4.69) is 0 Å². The van der Waals surface area contributed by atoms with E-state index in [0.29, 0.717) is 23.5 Å². The van der Waals surface area contributed by atoms with Crippen LogP contribution in [-0.4, -0.2) is 5.78 Å². The summed E-state index contributed by atoms with van der Waals surface area (Å²) in [4.78, 5) is 12.0. The lowest BCUT2D eigenvalue weighted by Crippen LogP contribution is -2.19. The van der Waals surface area contributed by atoms with Gasteiger partial charge in [-0.2, -0.15) is 0 Å². The van der Waals surface area contributed by atoms with Crippen LogP contribution >= 0.6 is 0 Å². The van der Waals surface area contributed by atoms with Gasteiger partial charge in [0.15, 0.2) is 11.9 Å². The van der Waals surface area contributed by atoms with Crippen molar-refractivity contribution in [3.63, 3.8) is 0 Å². The van der Waals surface area contributed by atoms with Crippen LogP contribution in [0.25, 0.3) is 0 Å². The molecule has 0 saturated carbocycles. The minimum Gasteiger partial charge on any atom is -0.481 e. The number of furan rings is 1. The highest BCUT2D eigenvalue weighted by Crippen LogP contribution is 2.35. The number of benzene rings is 1. The number of Topliss-reactive ketones (excluding diaryl/α,β-unsaturated/α-hetero) is 1. The molecule has 17 heavy (non-hydrogen) atoms. The number of aryl methyl sites for hydroxylation is 1. The fourth-order valence-electron chi connectivity index (χ4n) is 2.06. The van der Waals surface area contributed by atoms with Crippen LogP contribution in [0.3, 0.4) is 0 Å². The molecule has 1 aromatic carbocycles. The third-order valence-electron chi connectivity index (χ3n) is 2.91. The van der Waals surface area contributed by atoms with E-state index in [9.17, 15) is 4.79 Å². The Kier molecular flexibility index (Phi) is 2.25. The molecular formula is C14H12O3. The van der Waals surface area contributed by atoms with Crippen LogP contribution in [0.5, 0.6) is 5.75 Å². The second-order valence-electron chi connectivity index (χ2n) is 4.18. The second-order valence-corrected chi connectivity index (χ2v) is 4.18. The predicted molar refractivity (Wildman–Crippen MR) is 62.2 cm³/mol. The number of carbonyl (C=O) groups is 1. The third kappa shape index (κ3) is 1.73. The molecule has 3 nitrogen and oxygen atoms in total. The number of ketones is 1. The van der Waals surface area contributed by atoms with Gasteiger partial charge < -0.3 is 9.15 Å². The summed E-state index contributed by atoms with van der Waals surface area (Å²) in [6, 6.07) is 11.1. The Morgan fingerprint density at radius 1 is 1.18 bits per heavy atom. The molecule has 0 bridgehead atoms. The van der Waals surface area contributed by atoms with Gasteiger partial charge in [0.1, 0.15) is 17.3 Å². The maximum absolute atomic E-state index is 12.0. The van der Waals surface area contributed by atoms with Gasteiger partial charge in [-0.1, -0.05) is 12.1 Å². The Bertz CT molecular complexity index is 568. The number of hydrogen-bond donors (Lipinski definition) is 0. The quantitative estimate of drug-likeness (QED) is 0.751. The third-order valence-corrected chi connectivity index (χ3v) is 2.91. The molecule has 0 aliphatic carbocycles. The summed E-state index contributed by atoms with van der Waals surface area (Å²) < 4.78 is 11.3. The Hall–Kier alpha value is -2.03. The van der Waals surface area contributed by atoms with Gasteiger partial charge >= 0.3 is 0 Å². The van der Waals surface area contributed by atoms with Gasteiger partial charge in [-0.25, -0.2) is 0 Å².